The molecule has 0 spiro atoms. The molecule has 3 aromatic rings. The van der Waals surface area contributed by atoms with Crippen LogP contribution in [0.4, 0.5) is 24.9 Å². The Balaban J connectivity index is 1.76. The third kappa shape index (κ3) is 6.64. The Morgan fingerprint density at radius 1 is 1.09 bits per heavy atom. The van der Waals surface area contributed by atoms with Crippen LogP contribution in [-0.4, -0.2) is 26.9 Å². The van der Waals surface area contributed by atoms with Crippen LogP contribution in [0.2, 0.25) is 0 Å². The van der Waals surface area contributed by atoms with Crippen LogP contribution in [0, 0.1) is 5.92 Å². The van der Waals surface area contributed by atoms with Crippen LogP contribution in [0.1, 0.15) is 31.4 Å². The summed E-state index contributed by atoms with van der Waals surface area (Å²) in [5.74, 6) is -1.21. The van der Waals surface area contributed by atoms with E-state index in [0.717, 1.165) is 16.8 Å². The number of nitrogens with two attached hydrogens (primary N) is 1. The molecule has 2 aromatic heterocycles. The second-order valence-electron chi connectivity index (χ2n) is 7.95. The molecule has 0 radical (unpaired) electrons. The Hall–Kier alpha value is -3.69. The lowest BCUT2D eigenvalue weighted by atomic mass is 10.0. The zero-order valence-electron chi connectivity index (χ0n) is 18.2. The van der Waals surface area contributed by atoms with Gasteiger partial charge in [-0.2, -0.15) is 18.2 Å². The number of pyridine rings is 1. The van der Waals surface area contributed by atoms with Gasteiger partial charge in [-0.25, -0.2) is 4.98 Å². The number of halogens is 3. The minimum Gasteiger partial charge on any atom is -0.368 e. The van der Waals surface area contributed by atoms with Crippen LogP contribution in [-0.2, 0) is 17.5 Å². The minimum atomic E-state index is -4.69. The number of anilines is 2. The van der Waals surface area contributed by atoms with E-state index in [-0.39, 0.29) is 18.3 Å². The molecule has 0 aliphatic carbocycles. The number of aromatic nitrogens is 3. The van der Waals surface area contributed by atoms with E-state index in [9.17, 15) is 18.0 Å². The summed E-state index contributed by atoms with van der Waals surface area (Å²) in [6, 6.07) is 12.2. The molecule has 0 aliphatic rings. The molecule has 0 fully saturated rings. The minimum absolute atomic E-state index is 0.00734. The number of nitrogens with zero attached hydrogens (tertiary/aromatic N) is 3. The maximum atomic E-state index is 13.5. The lowest BCUT2D eigenvalue weighted by Gasteiger charge is -2.21. The van der Waals surface area contributed by atoms with Gasteiger partial charge in [0.1, 0.15) is 17.4 Å². The molecule has 0 saturated heterocycles. The number of rotatable bonds is 9. The summed E-state index contributed by atoms with van der Waals surface area (Å²) in [5, 5.41) is 5.48. The summed E-state index contributed by atoms with van der Waals surface area (Å²) in [6.45, 7) is 3.97. The maximum absolute atomic E-state index is 13.5. The van der Waals surface area contributed by atoms with Crippen molar-refractivity contribution >= 4 is 17.7 Å². The highest BCUT2D eigenvalue weighted by atomic mass is 19.4. The lowest BCUT2D eigenvalue weighted by molar-refractivity contribution is -0.137. The summed E-state index contributed by atoms with van der Waals surface area (Å²) in [5.41, 5.74) is 6.96. The van der Waals surface area contributed by atoms with Crippen molar-refractivity contribution in [3.8, 4) is 11.3 Å². The molecule has 2 heterocycles. The van der Waals surface area contributed by atoms with E-state index in [0.29, 0.717) is 12.7 Å². The third-order valence-electron chi connectivity index (χ3n) is 4.82. The van der Waals surface area contributed by atoms with Crippen molar-refractivity contribution in [1.29, 1.82) is 0 Å². The van der Waals surface area contributed by atoms with Gasteiger partial charge in [-0.05, 0) is 30.0 Å². The molecule has 0 bridgehead atoms. The van der Waals surface area contributed by atoms with Gasteiger partial charge in [0, 0.05) is 24.5 Å². The van der Waals surface area contributed by atoms with Crippen LogP contribution in [0.5, 0.6) is 0 Å². The molecule has 7 nitrogen and oxygen atoms in total. The van der Waals surface area contributed by atoms with Crippen LogP contribution in [0.3, 0.4) is 0 Å². The molecule has 1 aromatic carbocycles. The fourth-order valence-electron chi connectivity index (χ4n) is 3.18. The van der Waals surface area contributed by atoms with Crippen LogP contribution in [0.25, 0.3) is 11.3 Å². The van der Waals surface area contributed by atoms with E-state index < -0.39 is 29.5 Å². The predicted molar refractivity (Wildman–Crippen MR) is 120 cm³/mol. The molecule has 0 unspecified atom stereocenters. The van der Waals surface area contributed by atoms with Crippen molar-refractivity contribution in [1.82, 2.24) is 15.0 Å². The molecular formula is C23H25F3N6O. The first-order valence-corrected chi connectivity index (χ1v) is 10.4. The Labute approximate surface area is 189 Å². The van der Waals surface area contributed by atoms with Crippen molar-refractivity contribution in [3.63, 3.8) is 0 Å². The van der Waals surface area contributed by atoms with Gasteiger partial charge in [0.15, 0.2) is 0 Å². The highest BCUT2D eigenvalue weighted by molar-refractivity contribution is 5.83. The largest absolute Gasteiger partial charge is 0.421 e. The molecule has 1 atom stereocenters. The first kappa shape index (κ1) is 24.0. The summed E-state index contributed by atoms with van der Waals surface area (Å²) < 4.78 is 40.4. The summed E-state index contributed by atoms with van der Waals surface area (Å²) in [4.78, 5) is 23.8. The average Bonchev–Trinajstić information content (AvgIpc) is 2.77. The molecule has 10 heteroatoms. The standard InChI is InChI=1S/C23H25F3N6O/c1-14(2)11-19(20(27)33)31-21-17(23(24,25)26)13-30-22(32-21)29-12-15-6-8-16(9-7-15)18-5-3-4-10-28-18/h3-10,13-14,19H,11-12H2,1-2H3,(H2,27,33)(H2,29,30,31,32)/t19-/m1/s1. The molecule has 0 saturated carbocycles. The lowest BCUT2D eigenvalue weighted by Crippen LogP contribution is -2.37. The van der Waals surface area contributed by atoms with Gasteiger partial charge in [-0.15, -0.1) is 0 Å². The predicted octanol–water partition coefficient (Wildman–Crippen LogP) is 4.48. The summed E-state index contributed by atoms with van der Waals surface area (Å²) in [7, 11) is 0. The molecule has 174 valence electrons. The van der Waals surface area contributed by atoms with Gasteiger partial charge in [0.25, 0.3) is 0 Å². The van der Waals surface area contributed by atoms with E-state index in [1.165, 1.54) is 0 Å². The van der Waals surface area contributed by atoms with Crippen molar-refractivity contribution in [2.24, 2.45) is 11.7 Å². The van der Waals surface area contributed by atoms with Crippen molar-refractivity contribution in [3.05, 3.63) is 66.0 Å². The number of benzene rings is 1. The van der Waals surface area contributed by atoms with Gasteiger partial charge in [0.2, 0.25) is 11.9 Å². The number of nitrogens with one attached hydrogen (secondary N) is 2. The summed E-state index contributed by atoms with van der Waals surface area (Å²) in [6.07, 6.45) is -2.03. The van der Waals surface area contributed by atoms with E-state index in [4.69, 9.17) is 5.73 Å². The fraction of sp³-hybridized carbons (Fsp3) is 0.304. The molecule has 1 amide bonds. The molecule has 33 heavy (non-hydrogen) atoms. The smallest absolute Gasteiger partial charge is 0.368 e. The second-order valence-corrected chi connectivity index (χ2v) is 7.95. The highest BCUT2D eigenvalue weighted by Gasteiger charge is 2.36. The molecule has 0 aliphatic heterocycles. The Morgan fingerprint density at radius 2 is 1.82 bits per heavy atom. The Morgan fingerprint density at radius 3 is 2.39 bits per heavy atom. The fourth-order valence-corrected chi connectivity index (χ4v) is 3.18. The zero-order chi connectivity index (χ0) is 24.0. The highest BCUT2D eigenvalue weighted by Crippen LogP contribution is 2.34. The molecule has 3 rings (SSSR count). The van der Waals surface area contributed by atoms with E-state index in [1.807, 2.05) is 56.3 Å². The number of carbonyl (C=O) groups is 1. The van der Waals surface area contributed by atoms with Gasteiger partial charge in [-0.1, -0.05) is 44.2 Å². The number of primary amides is 1. The normalized spacial score (nSPS) is 12.4. The van der Waals surface area contributed by atoms with Gasteiger partial charge < -0.3 is 16.4 Å². The first-order valence-electron chi connectivity index (χ1n) is 10.4. The topological polar surface area (TPSA) is 106 Å². The van der Waals surface area contributed by atoms with Crippen LogP contribution < -0.4 is 16.4 Å². The number of hydrogen-bond acceptors (Lipinski definition) is 6. The summed E-state index contributed by atoms with van der Waals surface area (Å²) >= 11 is 0. The second kappa shape index (κ2) is 10.3. The number of carbonyl (C=O) groups excluding carboxylic acids is 1. The van der Waals surface area contributed by atoms with Gasteiger partial charge in [-0.3, -0.25) is 9.78 Å². The third-order valence-corrected chi connectivity index (χ3v) is 4.82. The quantitative estimate of drug-likeness (QED) is 0.437. The maximum Gasteiger partial charge on any atom is 0.421 e. The van der Waals surface area contributed by atoms with E-state index in [2.05, 4.69) is 25.6 Å². The Kier molecular flexibility index (Phi) is 7.47. The molecular weight excluding hydrogens is 433 g/mol. The first-order chi connectivity index (χ1) is 15.6. The number of hydrogen-bond donors (Lipinski definition) is 3. The zero-order valence-corrected chi connectivity index (χ0v) is 18.2. The van der Waals surface area contributed by atoms with Gasteiger partial charge in [0.05, 0.1) is 5.69 Å². The van der Waals surface area contributed by atoms with Crippen molar-refractivity contribution in [2.45, 2.75) is 39.0 Å². The van der Waals surface area contributed by atoms with Gasteiger partial charge >= 0.3 is 6.18 Å². The van der Waals surface area contributed by atoms with E-state index in [1.54, 1.807) is 6.20 Å². The number of alkyl halides is 3. The monoisotopic (exact) mass is 458 g/mol. The van der Waals surface area contributed by atoms with Crippen molar-refractivity contribution in [2.75, 3.05) is 10.6 Å². The van der Waals surface area contributed by atoms with Crippen LogP contribution >= 0.6 is 0 Å². The van der Waals surface area contributed by atoms with Crippen molar-refractivity contribution < 1.29 is 18.0 Å². The average molecular weight is 458 g/mol. The Bertz CT molecular complexity index is 1070. The number of amides is 1. The molecule has 4 N–H and O–H groups in total. The SMILES string of the molecule is CC(C)C[C@@H](Nc1nc(NCc2ccc(-c3ccccn3)cc2)ncc1C(F)(F)F)C(N)=O. The van der Waals surface area contributed by atoms with Crippen LogP contribution in [0.15, 0.2) is 54.9 Å². The van der Waals surface area contributed by atoms with E-state index >= 15 is 0 Å².